The van der Waals surface area contributed by atoms with E-state index in [9.17, 15) is 9.90 Å². The average Bonchev–Trinajstić information content (AvgIpc) is 3.17. The lowest BCUT2D eigenvalue weighted by Crippen LogP contribution is -2.33. The van der Waals surface area contributed by atoms with E-state index in [1.54, 1.807) is 17.0 Å². The van der Waals surface area contributed by atoms with E-state index in [2.05, 4.69) is 4.98 Å². The maximum absolute atomic E-state index is 12.7. The third-order valence-electron chi connectivity index (χ3n) is 5.55. The van der Waals surface area contributed by atoms with Crippen LogP contribution in [0.15, 0.2) is 83.9 Å². The van der Waals surface area contributed by atoms with Crippen LogP contribution in [-0.4, -0.2) is 65.7 Å². The molecule has 0 spiro atoms. The number of aliphatic imine (C=N–C) groups is 1. The summed E-state index contributed by atoms with van der Waals surface area (Å²) in [6.45, 7) is 1.46. The van der Waals surface area contributed by atoms with Crippen LogP contribution in [0.5, 0.6) is 5.88 Å². The van der Waals surface area contributed by atoms with E-state index in [4.69, 9.17) is 4.99 Å². The van der Waals surface area contributed by atoms with Crippen molar-refractivity contribution < 1.29 is 9.90 Å². The minimum absolute atomic E-state index is 0.0232. The van der Waals surface area contributed by atoms with Gasteiger partial charge in [0, 0.05) is 42.2 Å². The first-order chi connectivity index (χ1) is 15.9. The maximum Gasteiger partial charge on any atom is 0.253 e. The van der Waals surface area contributed by atoms with Crippen molar-refractivity contribution in [1.82, 2.24) is 14.8 Å². The number of carbonyl (C=O) groups is 1. The summed E-state index contributed by atoms with van der Waals surface area (Å²) < 4.78 is 0. The molecule has 1 aromatic heterocycles. The molecule has 4 aromatic rings. The van der Waals surface area contributed by atoms with Crippen LogP contribution in [-0.2, 0) is 0 Å². The summed E-state index contributed by atoms with van der Waals surface area (Å²) in [5.41, 5.74) is 4.36. The highest BCUT2D eigenvalue weighted by Gasteiger charge is 2.18. The molecule has 0 aliphatic carbocycles. The second-order valence-electron chi connectivity index (χ2n) is 8.30. The Labute approximate surface area is 193 Å². The predicted molar refractivity (Wildman–Crippen MR) is 134 cm³/mol. The van der Waals surface area contributed by atoms with Gasteiger partial charge in [-0.25, -0.2) is 4.99 Å². The fourth-order valence-electron chi connectivity index (χ4n) is 3.71. The number of rotatable bonds is 7. The van der Waals surface area contributed by atoms with E-state index < -0.39 is 0 Å². The molecule has 6 nitrogen and oxygen atoms in total. The monoisotopic (exact) mass is 440 g/mol. The Hall–Kier alpha value is -3.90. The second kappa shape index (κ2) is 9.71. The minimum atomic E-state index is -0.0232. The largest absolute Gasteiger partial charge is 0.494 e. The van der Waals surface area contributed by atoms with Crippen molar-refractivity contribution in [1.29, 1.82) is 0 Å². The lowest BCUT2D eigenvalue weighted by molar-refractivity contribution is 0.0786. The Balaban J connectivity index is 1.70. The van der Waals surface area contributed by atoms with Gasteiger partial charge in [0.1, 0.15) is 0 Å². The molecule has 0 aliphatic rings. The van der Waals surface area contributed by atoms with Gasteiger partial charge in [-0.1, -0.05) is 48.5 Å². The van der Waals surface area contributed by atoms with E-state index in [0.717, 1.165) is 23.0 Å². The Morgan fingerprint density at radius 2 is 1.52 bits per heavy atom. The molecule has 1 amide bonds. The van der Waals surface area contributed by atoms with Gasteiger partial charge in [-0.15, -0.1) is 0 Å². The van der Waals surface area contributed by atoms with Gasteiger partial charge in [-0.05, 0) is 44.4 Å². The van der Waals surface area contributed by atoms with Crippen LogP contribution in [0.4, 0.5) is 5.69 Å². The number of likely N-dealkylation sites (N-methyl/N-ethyl adjacent to an activating group) is 2. The Morgan fingerprint density at radius 3 is 2.21 bits per heavy atom. The molecule has 3 aromatic carbocycles. The molecule has 6 heteroatoms. The number of carbonyl (C=O) groups excluding carboxylic acids is 1. The number of nitrogens with zero attached hydrogens (tertiary/aromatic N) is 3. The molecule has 4 rings (SSSR count). The molecule has 2 N–H and O–H groups in total. The van der Waals surface area contributed by atoms with E-state index >= 15 is 0 Å². The summed E-state index contributed by atoms with van der Waals surface area (Å²) in [4.78, 5) is 24.4. The molecule has 1 heterocycles. The van der Waals surface area contributed by atoms with E-state index in [0.29, 0.717) is 29.1 Å². The number of amides is 1. The first-order valence-corrected chi connectivity index (χ1v) is 10.9. The predicted octanol–water partition coefficient (Wildman–Crippen LogP) is 4.68. The molecular formula is C27H28N4O2. The number of aromatic hydroxyl groups is 1. The molecule has 0 saturated heterocycles. The Kier molecular flexibility index (Phi) is 6.56. The number of aromatic nitrogens is 1. The zero-order valence-corrected chi connectivity index (χ0v) is 19.1. The highest BCUT2D eigenvalue weighted by Crippen LogP contribution is 2.31. The average molecular weight is 441 g/mol. The van der Waals surface area contributed by atoms with Crippen LogP contribution in [0.1, 0.15) is 21.5 Å². The Morgan fingerprint density at radius 1 is 0.848 bits per heavy atom. The van der Waals surface area contributed by atoms with Crippen LogP contribution < -0.4 is 0 Å². The number of benzene rings is 3. The van der Waals surface area contributed by atoms with Gasteiger partial charge >= 0.3 is 0 Å². The molecule has 0 bridgehead atoms. The highest BCUT2D eigenvalue weighted by molar-refractivity contribution is 6.21. The number of para-hydroxylation sites is 1. The zero-order chi connectivity index (χ0) is 23.4. The molecule has 0 unspecified atom stereocenters. The summed E-state index contributed by atoms with van der Waals surface area (Å²) in [7, 11) is 5.78. The summed E-state index contributed by atoms with van der Waals surface area (Å²) >= 11 is 0. The molecule has 0 radical (unpaired) electrons. The molecular weight excluding hydrogens is 412 g/mol. The van der Waals surface area contributed by atoms with Gasteiger partial charge in [-0.2, -0.15) is 0 Å². The Bertz CT molecular complexity index is 1270. The van der Waals surface area contributed by atoms with Crippen LogP contribution in [0, 0.1) is 0 Å². The fourth-order valence-corrected chi connectivity index (χ4v) is 3.71. The molecule has 0 atom stereocenters. The smallest absolute Gasteiger partial charge is 0.253 e. The molecule has 168 valence electrons. The lowest BCUT2D eigenvalue weighted by Gasteiger charge is -2.19. The number of aromatic amines is 1. The van der Waals surface area contributed by atoms with Gasteiger partial charge < -0.3 is 19.9 Å². The van der Waals surface area contributed by atoms with E-state index in [1.165, 1.54) is 0 Å². The zero-order valence-electron chi connectivity index (χ0n) is 19.1. The number of fused-ring (bicyclic) bond motifs is 1. The summed E-state index contributed by atoms with van der Waals surface area (Å²) in [5, 5.41) is 11.6. The van der Waals surface area contributed by atoms with Gasteiger partial charge in [0.05, 0.1) is 17.0 Å². The molecule has 0 aliphatic heterocycles. The van der Waals surface area contributed by atoms with E-state index in [-0.39, 0.29) is 11.8 Å². The van der Waals surface area contributed by atoms with Crippen molar-refractivity contribution in [2.75, 3.05) is 34.2 Å². The van der Waals surface area contributed by atoms with Gasteiger partial charge in [0.25, 0.3) is 5.91 Å². The van der Waals surface area contributed by atoms with Gasteiger partial charge in [0.15, 0.2) is 5.88 Å². The standard InChI is InChI=1S/C27H28N4O2/c1-30(2)17-18-31(3)27(33)20-13-15-21(16-14-20)28-25(19-9-5-4-6-10-19)24-22-11-7-8-12-23(22)29-26(24)32/h4-16,29,32H,17-18H2,1-3H3. The first kappa shape index (κ1) is 22.3. The summed E-state index contributed by atoms with van der Waals surface area (Å²) in [5.74, 6) is 0.0538. The van der Waals surface area contributed by atoms with Crippen molar-refractivity contribution in [3.05, 3.63) is 95.6 Å². The SMILES string of the molecule is CN(C)CCN(C)C(=O)c1ccc(N=C(c2ccccc2)c2c(O)[nH]c3ccccc23)cc1. The van der Waals surface area contributed by atoms with Crippen molar-refractivity contribution in [3.8, 4) is 5.88 Å². The first-order valence-electron chi connectivity index (χ1n) is 10.9. The summed E-state index contributed by atoms with van der Waals surface area (Å²) in [6.07, 6.45) is 0. The van der Waals surface area contributed by atoms with Crippen LogP contribution >= 0.6 is 0 Å². The number of nitrogens with one attached hydrogen (secondary N) is 1. The number of hydrogen-bond acceptors (Lipinski definition) is 4. The molecule has 0 saturated carbocycles. The van der Waals surface area contributed by atoms with E-state index in [1.807, 2.05) is 92.8 Å². The number of hydrogen-bond donors (Lipinski definition) is 2. The second-order valence-corrected chi connectivity index (χ2v) is 8.30. The van der Waals surface area contributed by atoms with Gasteiger partial charge in [0.2, 0.25) is 0 Å². The fraction of sp³-hybridized carbons (Fsp3) is 0.185. The normalized spacial score (nSPS) is 11.8. The van der Waals surface area contributed by atoms with Gasteiger partial charge in [-0.3, -0.25) is 4.79 Å². The van der Waals surface area contributed by atoms with Crippen LogP contribution in [0.25, 0.3) is 10.9 Å². The van der Waals surface area contributed by atoms with Crippen molar-refractivity contribution in [2.24, 2.45) is 4.99 Å². The molecule has 0 fully saturated rings. The topological polar surface area (TPSA) is 71.9 Å². The van der Waals surface area contributed by atoms with Crippen molar-refractivity contribution in [2.45, 2.75) is 0 Å². The van der Waals surface area contributed by atoms with Crippen molar-refractivity contribution in [3.63, 3.8) is 0 Å². The lowest BCUT2D eigenvalue weighted by atomic mass is 10.0. The quantitative estimate of drug-likeness (QED) is 0.410. The summed E-state index contributed by atoms with van der Waals surface area (Å²) in [6, 6.07) is 24.8. The highest BCUT2D eigenvalue weighted by atomic mass is 16.3. The third-order valence-corrected chi connectivity index (χ3v) is 5.55. The maximum atomic E-state index is 12.7. The molecule has 33 heavy (non-hydrogen) atoms. The minimum Gasteiger partial charge on any atom is -0.494 e. The van der Waals surface area contributed by atoms with Crippen molar-refractivity contribution >= 4 is 28.2 Å². The number of H-pyrrole nitrogens is 1. The van der Waals surface area contributed by atoms with Crippen LogP contribution in [0.2, 0.25) is 0 Å². The third kappa shape index (κ3) is 4.96. The van der Waals surface area contributed by atoms with Crippen LogP contribution in [0.3, 0.4) is 0 Å².